The molecule has 7 nitrogen and oxygen atoms in total. The molecule has 0 bridgehead atoms. The highest BCUT2D eigenvalue weighted by Gasteiger charge is 2.11. The molecule has 0 amide bonds. The van der Waals surface area contributed by atoms with Crippen LogP contribution in [0.15, 0.2) is 10.7 Å². The molecule has 1 fully saturated rings. The van der Waals surface area contributed by atoms with Gasteiger partial charge < -0.3 is 9.26 Å². The molecule has 1 aliphatic rings. The summed E-state index contributed by atoms with van der Waals surface area (Å²) in [4.78, 5) is 1.55. The fourth-order valence-corrected chi connectivity index (χ4v) is 1.13. The minimum absolute atomic E-state index is 0.0708. The molecule has 0 unspecified atom stereocenters. The molecule has 0 atom stereocenters. The predicted octanol–water partition coefficient (Wildman–Crippen LogP) is -1.90. The third kappa shape index (κ3) is 2.72. The second-order valence-electron chi connectivity index (χ2n) is 2.55. The van der Waals surface area contributed by atoms with Gasteiger partial charge in [0.1, 0.15) is 0 Å². The van der Waals surface area contributed by atoms with E-state index >= 15 is 0 Å². The maximum atomic E-state index is 7.13. The topological polar surface area (TPSA) is 87.7 Å². The van der Waals surface area contributed by atoms with Crippen molar-refractivity contribution in [1.29, 1.82) is 5.41 Å². The Labute approximate surface area is 85.1 Å². The Kier molecular flexibility index (Phi) is 4.44. The third-order valence-corrected chi connectivity index (χ3v) is 1.73. The van der Waals surface area contributed by atoms with Gasteiger partial charge in [0, 0.05) is 13.1 Å². The maximum Gasteiger partial charge on any atom is 0.286 e. The van der Waals surface area contributed by atoms with E-state index in [0.29, 0.717) is 13.2 Å². The van der Waals surface area contributed by atoms with Gasteiger partial charge in [-0.25, -0.2) is 0 Å². The summed E-state index contributed by atoms with van der Waals surface area (Å²) >= 11 is 3.64. The summed E-state index contributed by atoms with van der Waals surface area (Å²) < 4.78 is 16.3. The Morgan fingerprint density at radius 3 is 2.64 bits per heavy atom. The smallest absolute Gasteiger partial charge is 0.286 e. The van der Waals surface area contributed by atoms with Gasteiger partial charge in [0.2, 0.25) is 0 Å². The molecular formula is C6H11ClN4O3. The van der Waals surface area contributed by atoms with E-state index in [1.807, 2.05) is 5.01 Å². The van der Waals surface area contributed by atoms with Crippen molar-refractivity contribution in [3.8, 4) is 0 Å². The Balaban J connectivity index is 0.000000461. The number of hydrogen-bond acceptors (Lipinski definition) is 5. The first-order valence-corrected chi connectivity index (χ1v) is 4.30. The van der Waals surface area contributed by atoms with E-state index < -0.39 is 0 Å². The summed E-state index contributed by atoms with van der Waals surface area (Å²) in [6.07, 6.45) is 1.53. The highest BCUT2D eigenvalue weighted by Crippen LogP contribution is 1.87. The number of nitrogens with one attached hydrogen (secondary N) is 1. The molecule has 1 aromatic heterocycles. The number of rotatable bonds is 1. The zero-order chi connectivity index (χ0) is 10.4. The molecule has 0 radical (unpaired) electrons. The SMILES string of the molecule is N=c1c[n+](N2CCOCC2)[n-]o1.OCl. The first kappa shape index (κ1) is 11.0. The van der Waals surface area contributed by atoms with Gasteiger partial charge in [-0.3, -0.25) is 15.1 Å². The molecular weight excluding hydrogens is 212 g/mol. The molecule has 2 N–H and O–H groups in total. The molecule has 1 saturated heterocycles. The van der Waals surface area contributed by atoms with E-state index in [2.05, 4.69) is 21.7 Å². The third-order valence-electron chi connectivity index (χ3n) is 1.73. The van der Waals surface area contributed by atoms with Crippen molar-refractivity contribution in [2.24, 2.45) is 0 Å². The van der Waals surface area contributed by atoms with Gasteiger partial charge in [0.05, 0.1) is 25.1 Å². The lowest BCUT2D eigenvalue weighted by atomic mass is 10.5. The lowest BCUT2D eigenvalue weighted by Crippen LogP contribution is -2.63. The summed E-state index contributed by atoms with van der Waals surface area (Å²) in [6, 6.07) is 0. The van der Waals surface area contributed by atoms with E-state index in [1.54, 1.807) is 4.79 Å². The van der Waals surface area contributed by atoms with Crippen LogP contribution in [0, 0.1) is 5.41 Å². The number of nitrogens with zero attached hydrogens (tertiary/aromatic N) is 3. The number of aromatic nitrogens is 2. The number of ether oxygens (including phenoxy) is 1. The van der Waals surface area contributed by atoms with E-state index in [1.165, 1.54) is 6.20 Å². The molecule has 80 valence electrons. The van der Waals surface area contributed by atoms with Crippen molar-refractivity contribution in [2.75, 3.05) is 31.3 Å². The highest BCUT2D eigenvalue weighted by atomic mass is 35.5. The fourth-order valence-electron chi connectivity index (χ4n) is 1.13. The van der Waals surface area contributed by atoms with Crippen LogP contribution in [0.3, 0.4) is 0 Å². The number of hydrogen-bond donors (Lipinski definition) is 2. The summed E-state index contributed by atoms with van der Waals surface area (Å²) in [7, 11) is 0. The fraction of sp³-hybridized carbons (Fsp3) is 0.667. The van der Waals surface area contributed by atoms with Gasteiger partial charge in [0.15, 0.2) is 0 Å². The number of morpholine rings is 1. The van der Waals surface area contributed by atoms with Gasteiger partial charge >= 0.3 is 0 Å². The molecule has 1 aliphatic heterocycles. The molecule has 2 heterocycles. The van der Waals surface area contributed by atoms with Crippen LogP contribution < -0.4 is 20.6 Å². The monoisotopic (exact) mass is 222 g/mol. The van der Waals surface area contributed by atoms with Crippen LogP contribution in [-0.2, 0) is 4.74 Å². The van der Waals surface area contributed by atoms with Crippen molar-refractivity contribution in [3.63, 3.8) is 0 Å². The Morgan fingerprint density at radius 2 is 2.14 bits per heavy atom. The molecule has 0 saturated carbocycles. The Morgan fingerprint density at radius 1 is 1.50 bits per heavy atom. The van der Waals surface area contributed by atoms with Crippen LogP contribution >= 0.6 is 11.9 Å². The van der Waals surface area contributed by atoms with E-state index in [9.17, 15) is 0 Å². The molecule has 1 aromatic rings. The Hall–Kier alpha value is -1.05. The minimum atomic E-state index is 0.0708. The van der Waals surface area contributed by atoms with Crippen LogP contribution in [0.5, 0.6) is 0 Å². The van der Waals surface area contributed by atoms with Crippen molar-refractivity contribution >= 4 is 11.9 Å². The van der Waals surface area contributed by atoms with E-state index in [4.69, 9.17) is 14.8 Å². The lowest BCUT2D eigenvalue weighted by molar-refractivity contribution is -0.765. The molecule has 8 heteroatoms. The van der Waals surface area contributed by atoms with Crippen molar-refractivity contribution < 1.29 is 18.7 Å². The standard InChI is InChI=1S/C6H10N4O2.ClHO/c7-6-5-10(8-12-6)9-1-3-11-4-2-9;1-2/h5,7H,1-4H2;2H. The van der Waals surface area contributed by atoms with Gasteiger partial charge in [-0.1, -0.05) is 4.79 Å². The summed E-state index contributed by atoms with van der Waals surface area (Å²) in [5, 5.41) is 12.8. The van der Waals surface area contributed by atoms with Gasteiger partial charge in [-0.2, -0.15) is 0 Å². The first-order chi connectivity index (χ1) is 6.86. The lowest BCUT2D eigenvalue weighted by Gasteiger charge is -2.26. The zero-order valence-electron chi connectivity index (χ0n) is 7.39. The summed E-state index contributed by atoms with van der Waals surface area (Å²) in [5.41, 5.74) is 0.0708. The summed E-state index contributed by atoms with van der Waals surface area (Å²) in [5.74, 6) is 0. The second-order valence-corrected chi connectivity index (χ2v) is 2.55. The Bertz CT molecular complexity index is 306. The van der Waals surface area contributed by atoms with Crippen LogP contribution in [0.4, 0.5) is 0 Å². The van der Waals surface area contributed by atoms with Crippen LogP contribution in [0.25, 0.3) is 0 Å². The molecule has 2 rings (SSSR count). The highest BCUT2D eigenvalue weighted by molar-refractivity contribution is 6.04. The first-order valence-electron chi connectivity index (χ1n) is 3.96. The molecule has 0 spiro atoms. The van der Waals surface area contributed by atoms with E-state index in [0.717, 1.165) is 13.1 Å². The van der Waals surface area contributed by atoms with Crippen molar-refractivity contribution in [3.05, 3.63) is 11.8 Å². The molecule has 0 aromatic carbocycles. The zero-order valence-corrected chi connectivity index (χ0v) is 8.15. The molecule has 14 heavy (non-hydrogen) atoms. The van der Waals surface area contributed by atoms with Gasteiger partial charge in [-0.05, 0) is 5.27 Å². The minimum Gasteiger partial charge on any atom is -0.381 e. The number of halogens is 1. The molecule has 0 aliphatic carbocycles. The van der Waals surface area contributed by atoms with Crippen LogP contribution in [-0.4, -0.2) is 31.0 Å². The van der Waals surface area contributed by atoms with Crippen molar-refractivity contribution in [1.82, 2.24) is 5.27 Å². The maximum absolute atomic E-state index is 7.13. The average Bonchev–Trinajstić information content (AvgIpc) is 2.69. The van der Waals surface area contributed by atoms with Crippen LogP contribution in [0.2, 0.25) is 0 Å². The normalized spacial score (nSPS) is 16.0. The second kappa shape index (κ2) is 5.63. The average molecular weight is 223 g/mol. The van der Waals surface area contributed by atoms with Crippen LogP contribution in [0.1, 0.15) is 0 Å². The van der Waals surface area contributed by atoms with Gasteiger partial charge in [-0.15, -0.1) is 0 Å². The van der Waals surface area contributed by atoms with Crippen molar-refractivity contribution in [2.45, 2.75) is 0 Å². The summed E-state index contributed by atoms with van der Waals surface area (Å²) in [6.45, 7) is 2.98. The van der Waals surface area contributed by atoms with Gasteiger partial charge in [0.25, 0.3) is 11.8 Å². The quantitative estimate of drug-likeness (QED) is 0.543. The largest absolute Gasteiger partial charge is 0.381 e. The van der Waals surface area contributed by atoms with E-state index in [-0.39, 0.29) is 5.55 Å². The predicted molar refractivity (Wildman–Crippen MR) is 44.9 cm³/mol.